The van der Waals surface area contributed by atoms with Crippen LogP contribution in [-0.4, -0.2) is 45.6 Å². The third-order valence-corrected chi connectivity index (χ3v) is 8.16. The first kappa shape index (κ1) is 30.6. The van der Waals surface area contributed by atoms with Crippen molar-refractivity contribution in [3.05, 3.63) is 113 Å². The summed E-state index contributed by atoms with van der Waals surface area (Å²) in [6.07, 6.45) is 4.41. The number of benzene rings is 3. The second-order valence-corrected chi connectivity index (χ2v) is 11.3. The van der Waals surface area contributed by atoms with Gasteiger partial charge < -0.3 is 20.1 Å². The van der Waals surface area contributed by atoms with Gasteiger partial charge in [-0.1, -0.05) is 61.9 Å². The first-order valence-electron chi connectivity index (χ1n) is 15.1. The Balaban J connectivity index is 1.12. The Morgan fingerprint density at radius 2 is 1.59 bits per heavy atom. The van der Waals surface area contributed by atoms with Crippen molar-refractivity contribution in [1.29, 1.82) is 0 Å². The molecule has 8 nitrogen and oxygen atoms in total. The Morgan fingerprint density at radius 1 is 0.909 bits per heavy atom. The molecule has 1 unspecified atom stereocenters. The topological polar surface area (TPSA) is 96.3 Å². The number of aldehydes is 1. The SMILES string of the molecule is CCCC(C)N(C)C(=O)c1ccc(CNCc2ccc(CNC(=O)Cn3c4ccccc4c4cccnc43)cc2)cc1C=O. The Labute approximate surface area is 258 Å². The molecule has 0 spiro atoms. The number of pyridine rings is 1. The van der Waals surface area contributed by atoms with Crippen LogP contribution in [0.2, 0.25) is 0 Å². The first-order valence-corrected chi connectivity index (χ1v) is 15.1. The van der Waals surface area contributed by atoms with Gasteiger partial charge in [0.1, 0.15) is 12.2 Å². The lowest BCUT2D eigenvalue weighted by molar-refractivity contribution is -0.121. The van der Waals surface area contributed by atoms with Crippen molar-refractivity contribution in [2.24, 2.45) is 0 Å². The highest BCUT2D eigenvalue weighted by Crippen LogP contribution is 2.27. The number of nitrogens with one attached hydrogen (secondary N) is 2. The second-order valence-electron chi connectivity index (χ2n) is 11.3. The third-order valence-electron chi connectivity index (χ3n) is 8.16. The molecular weight excluding hydrogens is 550 g/mol. The van der Waals surface area contributed by atoms with E-state index in [1.54, 1.807) is 30.3 Å². The molecule has 0 fully saturated rings. The number of hydrogen-bond donors (Lipinski definition) is 2. The number of rotatable bonds is 13. The fraction of sp³-hybridized carbons (Fsp3) is 0.278. The van der Waals surface area contributed by atoms with Gasteiger partial charge in [0.15, 0.2) is 6.29 Å². The van der Waals surface area contributed by atoms with E-state index in [2.05, 4.69) is 28.6 Å². The molecule has 44 heavy (non-hydrogen) atoms. The van der Waals surface area contributed by atoms with E-state index in [0.29, 0.717) is 30.8 Å². The van der Waals surface area contributed by atoms with Gasteiger partial charge in [0, 0.05) is 55.3 Å². The molecule has 3 aromatic carbocycles. The number of aromatic nitrogens is 2. The zero-order chi connectivity index (χ0) is 31.1. The quantitative estimate of drug-likeness (QED) is 0.168. The smallest absolute Gasteiger partial charge is 0.254 e. The molecular formula is C36H39N5O3. The minimum absolute atomic E-state index is 0.0754. The molecule has 0 saturated heterocycles. The second kappa shape index (κ2) is 14.1. The summed E-state index contributed by atoms with van der Waals surface area (Å²) in [6, 6.07) is 25.6. The Morgan fingerprint density at radius 3 is 2.34 bits per heavy atom. The highest BCUT2D eigenvalue weighted by molar-refractivity contribution is 6.07. The van der Waals surface area contributed by atoms with Crippen LogP contribution in [0, 0.1) is 0 Å². The minimum atomic E-state index is -0.132. The molecule has 5 aromatic rings. The van der Waals surface area contributed by atoms with Crippen molar-refractivity contribution in [3.63, 3.8) is 0 Å². The van der Waals surface area contributed by atoms with Gasteiger partial charge in [-0.05, 0) is 60.4 Å². The summed E-state index contributed by atoms with van der Waals surface area (Å²) in [5.74, 6) is -0.207. The molecule has 0 radical (unpaired) electrons. The van der Waals surface area contributed by atoms with Gasteiger partial charge in [-0.15, -0.1) is 0 Å². The van der Waals surface area contributed by atoms with E-state index in [9.17, 15) is 14.4 Å². The predicted octanol–water partition coefficient (Wildman–Crippen LogP) is 5.87. The van der Waals surface area contributed by atoms with Crippen molar-refractivity contribution in [2.75, 3.05) is 7.05 Å². The summed E-state index contributed by atoms with van der Waals surface area (Å²) >= 11 is 0. The van der Waals surface area contributed by atoms with E-state index in [1.165, 1.54) is 0 Å². The van der Waals surface area contributed by atoms with E-state index in [0.717, 1.165) is 57.8 Å². The molecule has 5 rings (SSSR count). The van der Waals surface area contributed by atoms with Crippen LogP contribution in [0.15, 0.2) is 85.1 Å². The van der Waals surface area contributed by atoms with Gasteiger partial charge in [0.25, 0.3) is 5.91 Å². The van der Waals surface area contributed by atoms with Gasteiger partial charge >= 0.3 is 0 Å². The molecule has 2 amide bonds. The van der Waals surface area contributed by atoms with Crippen LogP contribution in [0.4, 0.5) is 0 Å². The zero-order valence-electron chi connectivity index (χ0n) is 25.5. The van der Waals surface area contributed by atoms with E-state index in [1.807, 2.05) is 72.2 Å². The first-order chi connectivity index (χ1) is 21.4. The van der Waals surface area contributed by atoms with Crippen LogP contribution in [-0.2, 0) is 31.0 Å². The summed E-state index contributed by atoms with van der Waals surface area (Å²) in [5, 5.41) is 8.57. The summed E-state index contributed by atoms with van der Waals surface area (Å²) in [5.41, 5.74) is 5.68. The zero-order valence-corrected chi connectivity index (χ0v) is 25.5. The molecule has 0 bridgehead atoms. The molecule has 8 heteroatoms. The number of carbonyl (C=O) groups is 3. The van der Waals surface area contributed by atoms with Crippen molar-refractivity contribution in [2.45, 2.75) is 58.9 Å². The van der Waals surface area contributed by atoms with Crippen molar-refractivity contribution in [3.8, 4) is 0 Å². The number of carbonyl (C=O) groups excluding carboxylic acids is 3. The lowest BCUT2D eigenvalue weighted by atomic mass is 10.0. The average Bonchev–Trinajstić information content (AvgIpc) is 3.37. The normalized spacial score (nSPS) is 11.9. The lowest BCUT2D eigenvalue weighted by Gasteiger charge is -2.25. The molecule has 0 aliphatic carbocycles. The molecule has 2 aromatic heterocycles. The van der Waals surface area contributed by atoms with Crippen LogP contribution in [0.3, 0.4) is 0 Å². The van der Waals surface area contributed by atoms with E-state index < -0.39 is 0 Å². The molecule has 0 aliphatic heterocycles. The number of amides is 2. The maximum Gasteiger partial charge on any atom is 0.254 e. The molecule has 1 atom stereocenters. The molecule has 0 aliphatic rings. The Bertz CT molecular complexity index is 1720. The lowest BCUT2D eigenvalue weighted by Crippen LogP contribution is -2.35. The van der Waals surface area contributed by atoms with Gasteiger partial charge in [-0.2, -0.15) is 0 Å². The number of hydrogen-bond acceptors (Lipinski definition) is 5. The van der Waals surface area contributed by atoms with Crippen molar-refractivity contribution in [1.82, 2.24) is 25.1 Å². The predicted molar refractivity (Wildman–Crippen MR) is 174 cm³/mol. The van der Waals surface area contributed by atoms with Gasteiger partial charge in [0.05, 0.1) is 11.1 Å². The maximum atomic E-state index is 13.0. The monoisotopic (exact) mass is 589 g/mol. The molecule has 226 valence electrons. The Kier molecular flexibility index (Phi) is 9.82. The van der Waals surface area contributed by atoms with Gasteiger partial charge in [0.2, 0.25) is 5.91 Å². The van der Waals surface area contributed by atoms with Gasteiger partial charge in [-0.3, -0.25) is 14.4 Å². The summed E-state index contributed by atoms with van der Waals surface area (Å²) in [4.78, 5) is 43.9. The van der Waals surface area contributed by atoms with Crippen LogP contribution in [0.5, 0.6) is 0 Å². The van der Waals surface area contributed by atoms with Crippen LogP contribution < -0.4 is 10.6 Å². The minimum Gasteiger partial charge on any atom is -0.350 e. The Hall–Kier alpha value is -4.82. The summed E-state index contributed by atoms with van der Waals surface area (Å²) in [7, 11) is 1.79. The summed E-state index contributed by atoms with van der Waals surface area (Å²) < 4.78 is 1.96. The highest BCUT2D eigenvalue weighted by Gasteiger charge is 2.20. The number of nitrogens with zero attached hydrogens (tertiary/aromatic N) is 3. The largest absolute Gasteiger partial charge is 0.350 e. The number of fused-ring (bicyclic) bond motifs is 3. The standard InChI is InChI=1S/C36H39N5O3/c1-4-8-25(2)40(3)36(44)30-17-16-28(19-29(30)24-42)21-37-20-26-12-14-27(15-13-26)22-39-34(43)23-41-33-11-6-5-9-31(33)32-10-7-18-38-35(32)41/h5-7,9-19,24-25,37H,4,8,20-23H2,1-3H3,(H,39,43). The fourth-order valence-corrected chi connectivity index (χ4v) is 5.58. The molecule has 0 saturated carbocycles. The van der Waals surface area contributed by atoms with Gasteiger partial charge in [-0.25, -0.2) is 4.98 Å². The van der Waals surface area contributed by atoms with Crippen LogP contribution in [0.1, 0.15) is 64.1 Å². The molecule has 2 heterocycles. The summed E-state index contributed by atoms with van der Waals surface area (Å²) in [6.45, 7) is 5.95. The average molecular weight is 590 g/mol. The fourth-order valence-electron chi connectivity index (χ4n) is 5.58. The van der Waals surface area contributed by atoms with E-state index in [4.69, 9.17) is 0 Å². The number of para-hydroxylation sites is 1. The van der Waals surface area contributed by atoms with Crippen LogP contribution >= 0.6 is 0 Å². The maximum absolute atomic E-state index is 13.0. The third kappa shape index (κ3) is 6.87. The van der Waals surface area contributed by atoms with E-state index >= 15 is 0 Å². The van der Waals surface area contributed by atoms with E-state index in [-0.39, 0.29) is 24.4 Å². The molecule has 2 N–H and O–H groups in total. The highest BCUT2D eigenvalue weighted by atomic mass is 16.2. The van der Waals surface area contributed by atoms with Crippen molar-refractivity contribution >= 4 is 40.0 Å². The van der Waals surface area contributed by atoms with Crippen molar-refractivity contribution < 1.29 is 14.4 Å². The van der Waals surface area contributed by atoms with Crippen LogP contribution in [0.25, 0.3) is 21.9 Å².